The van der Waals surface area contributed by atoms with Crippen LogP contribution in [0.5, 0.6) is 5.75 Å². The summed E-state index contributed by atoms with van der Waals surface area (Å²) in [5, 5.41) is 8.06. The van der Waals surface area contributed by atoms with Gasteiger partial charge in [0.15, 0.2) is 0 Å². The second-order valence-electron chi connectivity index (χ2n) is 5.62. The van der Waals surface area contributed by atoms with E-state index in [9.17, 15) is 4.79 Å². The van der Waals surface area contributed by atoms with Gasteiger partial charge in [-0.2, -0.15) is 5.10 Å². The Morgan fingerprint density at radius 1 is 1.28 bits per heavy atom. The molecule has 0 atom stereocenters. The number of carbonyl (C=O) groups is 1. The maximum Gasteiger partial charge on any atom is 0.263 e. The average Bonchev–Trinajstić information content (AvgIpc) is 3.17. The van der Waals surface area contributed by atoms with E-state index in [1.807, 2.05) is 55.9 Å². The summed E-state index contributed by atoms with van der Waals surface area (Å²) in [5.41, 5.74) is 2.95. The van der Waals surface area contributed by atoms with E-state index in [1.165, 1.54) is 11.3 Å². The molecule has 2 aromatic heterocycles. The van der Waals surface area contributed by atoms with E-state index in [-0.39, 0.29) is 5.91 Å². The molecule has 0 aliphatic rings. The van der Waals surface area contributed by atoms with Crippen molar-refractivity contribution >= 4 is 17.2 Å². The van der Waals surface area contributed by atoms with Gasteiger partial charge in [0.2, 0.25) is 0 Å². The number of thiazole rings is 1. The van der Waals surface area contributed by atoms with Crippen LogP contribution in [0, 0.1) is 13.8 Å². The van der Waals surface area contributed by atoms with Crippen LogP contribution in [0.4, 0.5) is 0 Å². The molecule has 3 aromatic rings. The molecule has 25 heavy (non-hydrogen) atoms. The number of ether oxygens (including phenoxy) is 1. The standard InChI is InChI=1S/C18H20N4O2S/c1-12-16(13(2)22(3)21-12)18-20-11-15(25-18)17(23)19-9-10-24-14-7-5-4-6-8-14/h4-8,11H,9-10H2,1-3H3,(H,19,23). The molecule has 0 bridgehead atoms. The Bertz CT molecular complexity index is 871. The minimum Gasteiger partial charge on any atom is -0.492 e. The van der Waals surface area contributed by atoms with Crippen LogP contribution in [0.3, 0.4) is 0 Å². The van der Waals surface area contributed by atoms with Crippen LogP contribution in [0.15, 0.2) is 36.5 Å². The number of nitrogens with one attached hydrogen (secondary N) is 1. The summed E-state index contributed by atoms with van der Waals surface area (Å²) < 4.78 is 7.39. The first-order valence-electron chi connectivity index (χ1n) is 7.98. The first-order chi connectivity index (χ1) is 12.1. The number of nitrogens with zero attached hydrogens (tertiary/aromatic N) is 3. The van der Waals surface area contributed by atoms with Gasteiger partial charge in [-0.05, 0) is 26.0 Å². The van der Waals surface area contributed by atoms with Crippen molar-refractivity contribution in [2.24, 2.45) is 7.05 Å². The molecule has 7 heteroatoms. The second kappa shape index (κ2) is 7.48. The lowest BCUT2D eigenvalue weighted by Crippen LogP contribution is -2.27. The predicted octanol–water partition coefficient (Wildman–Crippen LogP) is 2.97. The van der Waals surface area contributed by atoms with Gasteiger partial charge in [-0.25, -0.2) is 4.98 Å². The first-order valence-corrected chi connectivity index (χ1v) is 8.80. The Balaban J connectivity index is 1.57. The van der Waals surface area contributed by atoms with E-state index in [0.717, 1.165) is 27.7 Å². The third kappa shape index (κ3) is 3.88. The summed E-state index contributed by atoms with van der Waals surface area (Å²) in [4.78, 5) is 17.2. The number of amides is 1. The number of aromatic nitrogens is 3. The highest BCUT2D eigenvalue weighted by Gasteiger charge is 2.17. The third-order valence-corrected chi connectivity index (χ3v) is 4.87. The summed E-state index contributed by atoms with van der Waals surface area (Å²) in [7, 11) is 1.90. The largest absolute Gasteiger partial charge is 0.492 e. The number of hydrogen-bond donors (Lipinski definition) is 1. The Morgan fingerprint density at radius 3 is 2.72 bits per heavy atom. The fraction of sp³-hybridized carbons (Fsp3) is 0.278. The first kappa shape index (κ1) is 17.2. The number of benzene rings is 1. The van der Waals surface area contributed by atoms with Gasteiger partial charge < -0.3 is 10.1 Å². The quantitative estimate of drug-likeness (QED) is 0.690. The van der Waals surface area contributed by atoms with E-state index in [0.29, 0.717) is 18.0 Å². The van der Waals surface area contributed by atoms with Gasteiger partial charge >= 0.3 is 0 Å². The molecule has 6 nitrogen and oxygen atoms in total. The van der Waals surface area contributed by atoms with Crippen LogP contribution < -0.4 is 10.1 Å². The van der Waals surface area contributed by atoms with E-state index in [1.54, 1.807) is 6.20 Å². The van der Waals surface area contributed by atoms with Crippen LogP contribution in [0.1, 0.15) is 21.1 Å². The predicted molar refractivity (Wildman–Crippen MR) is 98.1 cm³/mol. The summed E-state index contributed by atoms with van der Waals surface area (Å²) >= 11 is 1.37. The normalized spacial score (nSPS) is 10.7. The highest BCUT2D eigenvalue weighted by Crippen LogP contribution is 2.30. The van der Waals surface area contributed by atoms with Gasteiger partial charge in [-0.3, -0.25) is 9.48 Å². The third-order valence-electron chi connectivity index (χ3n) is 3.85. The van der Waals surface area contributed by atoms with Gasteiger partial charge in [0, 0.05) is 12.7 Å². The number of rotatable bonds is 6. The van der Waals surface area contributed by atoms with Crippen molar-refractivity contribution < 1.29 is 9.53 Å². The molecule has 0 saturated heterocycles. The van der Waals surface area contributed by atoms with Gasteiger partial charge in [-0.15, -0.1) is 11.3 Å². The smallest absolute Gasteiger partial charge is 0.263 e. The summed E-state index contributed by atoms with van der Waals surface area (Å²) in [6, 6.07) is 9.53. The zero-order valence-electron chi connectivity index (χ0n) is 14.4. The second-order valence-corrected chi connectivity index (χ2v) is 6.65. The minimum absolute atomic E-state index is 0.139. The molecule has 130 valence electrons. The number of carbonyl (C=O) groups excluding carboxylic acids is 1. The minimum atomic E-state index is -0.139. The van der Waals surface area contributed by atoms with Gasteiger partial charge in [0.05, 0.1) is 24.0 Å². The number of hydrogen-bond acceptors (Lipinski definition) is 5. The average molecular weight is 356 g/mol. The number of aryl methyl sites for hydroxylation is 2. The fourth-order valence-electron chi connectivity index (χ4n) is 2.52. The lowest BCUT2D eigenvalue weighted by Gasteiger charge is -2.06. The lowest BCUT2D eigenvalue weighted by atomic mass is 10.2. The Morgan fingerprint density at radius 2 is 2.04 bits per heavy atom. The highest BCUT2D eigenvalue weighted by molar-refractivity contribution is 7.16. The summed E-state index contributed by atoms with van der Waals surface area (Å²) in [5.74, 6) is 0.652. The molecule has 1 amide bonds. The Labute approximate surface area is 150 Å². The molecular weight excluding hydrogens is 336 g/mol. The molecule has 0 radical (unpaired) electrons. The zero-order chi connectivity index (χ0) is 17.8. The molecule has 0 saturated carbocycles. The van der Waals surface area contributed by atoms with Gasteiger partial charge in [-0.1, -0.05) is 18.2 Å². The molecule has 2 heterocycles. The molecule has 0 unspecified atom stereocenters. The molecular formula is C18H20N4O2S. The van der Waals surface area contributed by atoms with Crippen molar-refractivity contribution in [3.05, 3.63) is 52.8 Å². The Kier molecular flexibility index (Phi) is 5.14. The van der Waals surface area contributed by atoms with Crippen molar-refractivity contribution in [2.75, 3.05) is 13.2 Å². The van der Waals surface area contributed by atoms with Crippen molar-refractivity contribution in [2.45, 2.75) is 13.8 Å². The van der Waals surface area contributed by atoms with Crippen LogP contribution in [0.25, 0.3) is 10.6 Å². The number of para-hydroxylation sites is 1. The topological polar surface area (TPSA) is 69.0 Å². The van der Waals surface area contributed by atoms with Gasteiger partial charge in [0.25, 0.3) is 5.91 Å². The monoisotopic (exact) mass is 356 g/mol. The molecule has 0 aliphatic carbocycles. The van der Waals surface area contributed by atoms with Crippen LogP contribution >= 0.6 is 11.3 Å². The summed E-state index contributed by atoms with van der Waals surface area (Å²) in [6.07, 6.45) is 1.61. The lowest BCUT2D eigenvalue weighted by molar-refractivity contribution is 0.0951. The molecule has 0 spiro atoms. The van der Waals surface area contributed by atoms with E-state index in [2.05, 4.69) is 15.4 Å². The molecule has 0 fully saturated rings. The van der Waals surface area contributed by atoms with Gasteiger partial charge in [0.1, 0.15) is 22.2 Å². The molecule has 0 aliphatic heterocycles. The summed E-state index contributed by atoms with van der Waals surface area (Å²) in [6.45, 7) is 4.80. The van der Waals surface area contributed by atoms with E-state index < -0.39 is 0 Å². The van der Waals surface area contributed by atoms with Crippen LogP contribution in [-0.4, -0.2) is 33.8 Å². The van der Waals surface area contributed by atoms with Crippen LogP contribution in [0.2, 0.25) is 0 Å². The van der Waals surface area contributed by atoms with Crippen molar-refractivity contribution in [3.63, 3.8) is 0 Å². The van der Waals surface area contributed by atoms with Crippen molar-refractivity contribution in [1.29, 1.82) is 0 Å². The maximum atomic E-state index is 12.3. The van der Waals surface area contributed by atoms with E-state index in [4.69, 9.17) is 4.74 Å². The molecule has 1 aromatic carbocycles. The zero-order valence-corrected chi connectivity index (χ0v) is 15.3. The van der Waals surface area contributed by atoms with Crippen molar-refractivity contribution in [3.8, 4) is 16.3 Å². The SMILES string of the molecule is Cc1nn(C)c(C)c1-c1ncc(C(=O)NCCOc2ccccc2)s1. The highest BCUT2D eigenvalue weighted by atomic mass is 32.1. The molecule has 1 N–H and O–H groups in total. The van der Waals surface area contributed by atoms with Crippen molar-refractivity contribution in [1.82, 2.24) is 20.1 Å². The maximum absolute atomic E-state index is 12.3. The van der Waals surface area contributed by atoms with E-state index >= 15 is 0 Å². The Hall–Kier alpha value is -2.67. The van der Waals surface area contributed by atoms with Crippen LogP contribution in [-0.2, 0) is 7.05 Å². The molecule has 3 rings (SSSR count). The fourth-order valence-corrected chi connectivity index (χ4v) is 3.50.